The molecule has 0 aromatic heterocycles. The first-order valence-corrected chi connectivity index (χ1v) is 7.43. The van der Waals surface area contributed by atoms with Gasteiger partial charge in [0.05, 0.1) is 6.61 Å². The van der Waals surface area contributed by atoms with Gasteiger partial charge in [-0.1, -0.05) is 49.3 Å². The molecular formula is C18H20BO3. The van der Waals surface area contributed by atoms with Crippen molar-refractivity contribution in [1.82, 2.24) is 0 Å². The van der Waals surface area contributed by atoms with Crippen molar-refractivity contribution >= 4 is 13.2 Å². The zero-order valence-corrected chi connectivity index (χ0v) is 13.0. The third kappa shape index (κ3) is 4.38. The van der Waals surface area contributed by atoms with Crippen LogP contribution in [0.2, 0.25) is 13.1 Å². The highest BCUT2D eigenvalue weighted by Crippen LogP contribution is 2.25. The van der Waals surface area contributed by atoms with E-state index in [4.69, 9.17) is 9.47 Å². The second-order valence-electron chi connectivity index (χ2n) is 5.06. The normalized spacial score (nSPS) is 10.1. The molecule has 0 fully saturated rings. The highest BCUT2D eigenvalue weighted by atomic mass is 16.5. The highest BCUT2D eigenvalue weighted by molar-refractivity contribution is 6.33. The Bertz CT molecular complexity index is 611. The molecule has 4 heteroatoms. The average Bonchev–Trinajstić information content (AvgIpc) is 2.54. The van der Waals surface area contributed by atoms with E-state index in [-0.39, 0.29) is 5.97 Å². The number of carbonyl (C=O) groups excluding carboxylic acids is 1. The molecule has 2 rings (SSSR count). The van der Waals surface area contributed by atoms with Crippen LogP contribution < -0.4 is 4.74 Å². The fourth-order valence-electron chi connectivity index (χ4n) is 2.08. The van der Waals surface area contributed by atoms with Gasteiger partial charge in [-0.15, -0.1) is 0 Å². The summed E-state index contributed by atoms with van der Waals surface area (Å²) in [5.41, 5.74) is 2.46. The molecule has 0 bridgehead atoms. The van der Waals surface area contributed by atoms with E-state index in [9.17, 15) is 4.79 Å². The maximum Gasteiger partial charge on any atom is 0.341 e. The molecule has 22 heavy (non-hydrogen) atoms. The van der Waals surface area contributed by atoms with Crippen LogP contribution >= 0.6 is 0 Å². The molecule has 0 unspecified atom stereocenters. The summed E-state index contributed by atoms with van der Waals surface area (Å²) in [4.78, 5) is 12.2. The Balaban J connectivity index is 2.10. The lowest BCUT2D eigenvalue weighted by molar-refractivity contribution is 0.0521. The van der Waals surface area contributed by atoms with Crippen molar-refractivity contribution in [2.75, 3.05) is 6.61 Å². The van der Waals surface area contributed by atoms with E-state index in [0.29, 0.717) is 24.5 Å². The van der Waals surface area contributed by atoms with Gasteiger partial charge in [0, 0.05) is 0 Å². The maximum absolute atomic E-state index is 12.2. The maximum atomic E-state index is 12.2. The Morgan fingerprint density at radius 1 is 1.09 bits per heavy atom. The van der Waals surface area contributed by atoms with E-state index in [0.717, 1.165) is 17.4 Å². The quantitative estimate of drug-likeness (QED) is 0.441. The SMILES string of the molecule is C[B]CCOC(=O)c1cccc(C)c1OCc1ccccc1. The van der Waals surface area contributed by atoms with Crippen LogP contribution in [0.3, 0.4) is 0 Å². The summed E-state index contributed by atoms with van der Waals surface area (Å²) in [6, 6.07) is 15.4. The fourth-order valence-corrected chi connectivity index (χ4v) is 2.08. The van der Waals surface area contributed by atoms with E-state index in [1.807, 2.05) is 63.5 Å². The summed E-state index contributed by atoms with van der Waals surface area (Å²) in [6.45, 7) is 4.68. The van der Waals surface area contributed by atoms with Crippen LogP contribution in [0.1, 0.15) is 21.5 Å². The number of ether oxygens (including phenoxy) is 2. The number of carbonyl (C=O) groups is 1. The van der Waals surface area contributed by atoms with Crippen molar-refractivity contribution in [2.45, 2.75) is 26.7 Å². The van der Waals surface area contributed by atoms with E-state index in [1.165, 1.54) is 0 Å². The minimum atomic E-state index is -0.339. The molecule has 0 spiro atoms. The number of esters is 1. The van der Waals surface area contributed by atoms with E-state index < -0.39 is 0 Å². The van der Waals surface area contributed by atoms with Gasteiger partial charge in [0.25, 0.3) is 0 Å². The number of rotatable bonds is 7. The number of benzene rings is 2. The number of aryl methyl sites for hydroxylation is 1. The van der Waals surface area contributed by atoms with Gasteiger partial charge >= 0.3 is 5.97 Å². The summed E-state index contributed by atoms with van der Waals surface area (Å²) in [5.74, 6) is 0.255. The second kappa shape index (κ2) is 8.27. The molecule has 0 amide bonds. The van der Waals surface area contributed by atoms with Gasteiger partial charge in [0.2, 0.25) is 0 Å². The van der Waals surface area contributed by atoms with E-state index >= 15 is 0 Å². The van der Waals surface area contributed by atoms with Crippen molar-refractivity contribution in [2.24, 2.45) is 0 Å². The van der Waals surface area contributed by atoms with Gasteiger partial charge in [0.15, 0.2) is 0 Å². The van der Waals surface area contributed by atoms with Crippen LogP contribution in [0.5, 0.6) is 5.75 Å². The number of hydrogen-bond donors (Lipinski definition) is 0. The molecule has 0 saturated carbocycles. The number of para-hydroxylation sites is 1. The standard InChI is InChI=1S/C18H20BO3/c1-14-7-6-10-16(18(20)21-12-11-19-2)17(14)22-13-15-8-4-3-5-9-15/h3-10H,11-13H2,1-2H3. The first-order chi connectivity index (χ1) is 10.7. The Morgan fingerprint density at radius 2 is 1.86 bits per heavy atom. The summed E-state index contributed by atoms with van der Waals surface area (Å²) in [6.07, 6.45) is 0.748. The molecule has 113 valence electrons. The lowest BCUT2D eigenvalue weighted by atomic mass is 9.79. The van der Waals surface area contributed by atoms with Gasteiger partial charge < -0.3 is 9.47 Å². The first-order valence-electron chi connectivity index (χ1n) is 7.43. The predicted octanol–water partition coefficient (Wildman–Crippen LogP) is 3.90. The van der Waals surface area contributed by atoms with Crippen LogP contribution in [0, 0.1) is 6.92 Å². The molecule has 0 saturated heterocycles. The predicted molar refractivity (Wildman–Crippen MR) is 88.7 cm³/mol. The van der Waals surface area contributed by atoms with E-state index in [2.05, 4.69) is 0 Å². The monoisotopic (exact) mass is 295 g/mol. The topological polar surface area (TPSA) is 35.5 Å². The summed E-state index contributed by atoms with van der Waals surface area (Å²) >= 11 is 0. The van der Waals surface area contributed by atoms with Crippen molar-refractivity contribution < 1.29 is 14.3 Å². The first kappa shape index (κ1) is 16.2. The van der Waals surface area contributed by atoms with Gasteiger partial charge in [-0.3, -0.25) is 0 Å². The summed E-state index contributed by atoms with van der Waals surface area (Å²) in [5, 5.41) is 0. The molecular weight excluding hydrogens is 275 g/mol. The van der Waals surface area contributed by atoms with Crippen LogP contribution in [0.4, 0.5) is 0 Å². The zero-order valence-electron chi connectivity index (χ0n) is 13.0. The van der Waals surface area contributed by atoms with E-state index in [1.54, 1.807) is 6.07 Å². The molecule has 1 radical (unpaired) electrons. The third-order valence-electron chi connectivity index (χ3n) is 3.30. The lowest BCUT2D eigenvalue weighted by Gasteiger charge is -2.13. The molecule has 2 aromatic carbocycles. The molecule has 0 aliphatic heterocycles. The van der Waals surface area contributed by atoms with Crippen molar-refractivity contribution in [1.29, 1.82) is 0 Å². The highest BCUT2D eigenvalue weighted by Gasteiger charge is 2.16. The molecule has 2 aromatic rings. The van der Waals surface area contributed by atoms with Gasteiger partial charge in [0.1, 0.15) is 25.2 Å². The largest absolute Gasteiger partial charge is 0.488 e. The molecule has 0 aliphatic carbocycles. The van der Waals surface area contributed by atoms with Gasteiger partial charge in [-0.05, 0) is 30.4 Å². The van der Waals surface area contributed by atoms with Crippen molar-refractivity contribution in [3.8, 4) is 5.75 Å². The fraction of sp³-hybridized carbons (Fsp3) is 0.278. The molecule has 0 atom stereocenters. The summed E-state index contributed by atoms with van der Waals surface area (Å²) in [7, 11) is 1.97. The second-order valence-corrected chi connectivity index (χ2v) is 5.06. The van der Waals surface area contributed by atoms with Gasteiger partial charge in [-0.2, -0.15) is 0 Å². The molecule has 0 N–H and O–H groups in total. The minimum absolute atomic E-state index is 0.339. The Kier molecular flexibility index (Phi) is 6.07. The van der Waals surface area contributed by atoms with Crippen LogP contribution in [-0.4, -0.2) is 19.9 Å². The third-order valence-corrected chi connectivity index (χ3v) is 3.30. The smallest absolute Gasteiger partial charge is 0.341 e. The zero-order chi connectivity index (χ0) is 15.8. The van der Waals surface area contributed by atoms with Crippen molar-refractivity contribution in [3.05, 3.63) is 65.2 Å². The van der Waals surface area contributed by atoms with Crippen molar-refractivity contribution in [3.63, 3.8) is 0 Å². The van der Waals surface area contributed by atoms with Crippen LogP contribution in [0.25, 0.3) is 0 Å². The Labute approximate surface area is 132 Å². The minimum Gasteiger partial charge on any atom is -0.488 e. The van der Waals surface area contributed by atoms with Gasteiger partial charge in [-0.25, -0.2) is 4.79 Å². The lowest BCUT2D eigenvalue weighted by Crippen LogP contribution is -2.10. The number of hydrogen-bond acceptors (Lipinski definition) is 3. The van der Waals surface area contributed by atoms with Crippen LogP contribution in [0.15, 0.2) is 48.5 Å². The Hall–Kier alpha value is -2.23. The van der Waals surface area contributed by atoms with Crippen LogP contribution in [-0.2, 0) is 11.3 Å². The molecule has 0 heterocycles. The molecule has 0 aliphatic rings. The molecule has 3 nitrogen and oxygen atoms in total. The Morgan fingerprint density at radius 3 is 2.59 bits per heavy atom. The summed E-state index contributed by atoms with van der Waals surface area (Å²) < 4.78 is 11.1. The average molecular weight is 295 g/mol.